The highest BCUT2D eigenvalue weighted by Gasteiger charge is 2.31. The predicted octanol–water partition coefficient (Wildman–Crippen LogP) is 5.02. The Labute approximate surface area is 180 Å². The van der Waals surface area contributed by atoms with Crippen molar-refractivity contribution in [3.63, 3.8) is 0 Å². The van der Waals surface area contributed by atoms with Gasteiger partial charge in [-0.3, -0.25) is 0 Å². The molecule has 0 atom stereocenters. The lowest BCUT2D eigenvalue weighted by atomic mass is 10.1. The largest absolute Gasteiger partial charge is 0.493 e. The minimum Gasteiger partial charge on any atom is -0.493 e. The van der Waals surface area contributed by atoms with E-state index in [0.29, 0.717) is 17.9 Å². The van der Waals surface area contributed by atoms with Crippen molar-refractivity contribution in [1.29, 1.82) is 0 Å². The normalized spacial score (nSPS) is 11.6. The fourth-order valence-electron chi connectivity index (χ4n) is 2.21. The van der Waals surface area contributed by atoms with Crippen LogP contribution in [0.15, 0.2) is 12.1 Å². The summed E-state index contributed by atoms with van der Waals surface area (Å²) in [6.45, 7) is 10.6. The second kappa shape index (κ2) is 9.67. The number of ether oxygens (including phenoxy) is 4. The number of nitrogens with zero attached hydrogens (tertiary/aromatic N) is 1. The fourth-order valence-corrected chi connectivity index (χ4v) is 2.92. The van der Waals surface area contributed by atoms with Crippen molar-refractivity contribution in [2.45, 2.75) is 59.2 Å². The van der Waals surface area contributed by atoms with Gasteiger partial charge in [-0.05, 0) is 88.3 Å². The van der Waals surface area contributed by atoms with Crippen molar-refractivity contribution in [2.75, 3.05) is 20.8 Å². The fraction of sp³-hybridized carbons (Fsp3) is 0.600. The summed E-state index contributed by atoms with van der Waals surface area (Å²) < 4.78 is 22.3. The van der Waals surface area contributed by atoms with Crippen LogP contribution in [0.5, 0.6) is 11.5 Å². The lowest BCUT2D eigenvalue weighted by Gasteiger charge is -2.28. The van der Waals surface area contributed by atoms with Gasteiger partial charge >= 0.3 is 12.2 Å². The van der Waals surface area contributed by atoms with E-state index in [4.69, 9.17) is 18.9 Å². The van der Waals surface area contributed by atoms with Gasteiger partial charge in [0.25, 0.3) is 0 Å². The average molecular weight is 507 g/mol. The molecule has 0 N–H and O–H groups in total. The molecule has 0 aliphatic rings. The molecule has 0 heterocycles. The lowest BCUT2D eigenvalue weighted by Crippen LogP contribution is -2.44. The van der Waals surface area contributed by atoms with E-state index in [1.54, 1.807) is 55.8 Å². The first-order chi connectivity index (χ1) is 12.8. The number of halogens is 1. The summed E-state index contributed by atoms with van der Waals surface area (Å²) >= 11 is 2.18. The van der Waals surface area contributed by atoms with Gasteiger partial charge < -0.3 is 18.9 Å². The number of methoxy groups -OCH3 is 2. The Morgan fingerprint density at radius 3 is 1.71 bits per heavy atom. The topological polar surface area (TPSA) is 74.3 Å². The molecule has 0 saturated carbocycles. The molecule has 0 unspecified atom stereocenters. The second-order valence-electron chi connectivity index (χ2n) is 8.16. The number of imide groups is 1. The number of amides is 2. The molecule has 28 heavy (non-hydrogen) atoms. The van der Waals surface area contributed by atoms with E-state index in [-0.39, 0.29) is 6.54 Å². The predicted molar refractivity (Wildman–Crippen MR) is 115 cm³/mol. The van der Waals surface area contributed by atoms with E-state index in [0.717, 1.165) is 14.0 Å². The van der Waals surface area contributed by atoms with Gasteiger partial charge in [0.05, 0.1) is 14.2 Å². The third-order valence-corrected chi connectivity index (χ3v) is 4.39. The van der Waals surface area contributed by atoms with Crippen LogP contribution in [0.1, 0.15) is 47.1 Å². The Morgan fingerprint density at radius 2 is 1.32 bits per heavy atom. The van der Waals surface area contributed by atoms with Crippen LogP contribution in [-0.4, -0.2) is 49.1 Å². The molecule has 0 bridgehead atoms. The van der Waals surface area contributed by atoms with Crippen LogP contribution in [0.2, 0.25) is 0 Å². The highest BCUT2D eigenvalue weighted by Crippen LogP contribution is 2.31. The Bertz CT molecular complexity index is 678. The molecule has 0 saturated heterocycles. The number of hydrogen-bond donors (Lipinski definition) is 0. The van der Waals surface area contributed by atoms with Crippen molar-refractivity contribution in [2.24, 2.45) is 0 Å². The summed E-state index contributed by atoms with van der Waals surface area (Å²) in [6, 6.07) is 3.68. The van der Waals surface area contributed by atoms with Crippen molar-refractivity contribution >= 4 is 34.8 Å². The van der Waals surface area contributed by atoms with E-state index in [9.17, 15) is 9.59 Å². The Balaban J connectivity index is 3.07. The quantitative estimate of drug-likeness (QED) is 0.521. The highest BCUT2D eigenvalue weighted by molar-refractivity contribution is 14.1. The van der Waals surface area contributed by atoms with Crippen molar-refractivity contribution in [3.05, 3.63) is 21.3 Å². The van der Waals surface area contributed by atoms with E-state index in [2.05, 4.69) is 22.6 Å². The molecule has 158 valence electrons. The van der Waals surface area contributed by atoms with Crippen LogP contribution in [0, 0.1) is 3.57 Å². The number of rotatable bonds is 5. The maximum absolute atomic E-state index is 12.6. The monoisotopic (exact) mass is 507 g/mol. The van der Waals surface area contributed by atoms with Gasteiger partial charge in [0.1, 0.15) is 11.2 Å². The van der Waals surface area contributed by atoms with Gasteiger partial charge in [0.15, 0.2) is 11.5 Å². The summed E-state index contributed by atoms with van der Waals surface area (Å²) in [6.07, 6.45) is -1.06. The minimum atomic E-state index is -0.739. The van der Waals surface area contributed by atoms with Crippen LogP contribution in [0.25, 0.3) is 0 Å². The van der Waals surface area contributed by atoms with Crippen molar-refractivity contribution < 1.29 is 28.5 Å². The zero-order chi connectivity index (χ0) is 21.7. The second-order valence-corrected chi connectivity index (χ2v) is 9.32. The van der Waals surface area contributed by atoms with E-state index >= 15 is 0 Å². The molecule has 1 aromatic rings. The molecule has 0 aromatic heterocycles. The molecule has 0 fully saturated rings. The Morgan fingerprint density at radius 1 is 0.893 bits per heavy atom. The summed E-state index contributed by atoms with van der Waals surface area (Å²) in [5.41, 5.74) is -0.542. The van der Waals surface area contributed by atoms with Crippen LogP contribution < -0.4 is 9.47 Å². The summed E-state index contributed by atoms with van der Waals surface area (Å²) in [7, 11) is 3.13. The first kappa shape index (κ1) is 24.3. The van der Waals surface area contributed by atoms with Crippen molar-refractivity contribution in [1.82, 2.24) is 4.90 Å². The van der Waals surface area contributed by atoms with Crippen LogP contribution in [0.4, 0.5) is 9.59 Å². The van der Waals surface area contributed by atoms with Gasteiger partial charge in [-0.1, -0.05) is 0 Å². The van der Waals surface area contributed by atoms with Gasteiger partial charge in [0.2, 0.25) is 0 Å². The molecular formula is C20H30INO6. The molecular weight excluding hydrogens is 477 g/mol. The Kier molecular flexibility index (Phi) is 8.40. The standard InChI is InChI=1S/C20H30INO6/c1-19(2,3)27-17(23)22(18(24)28-20(4,5)6)10-9-13-11-15(25-7)16(26-8)12-14(13)21/h11-12H,9-10H2,1-8H3. The van der Waals surface area contributed by atoms with Gasteiger partial charge in [-0.2, -0.15) is 0 Å². The van der Waals surface area contributed by atoms with Gasteiger partial charge in [0, 0.05) is 10.1 Å². The average Bonchev–Trinajstić information content (AvgIpc) is 2.52. The van der Waals surface area contributed by atoms with Crippen LogP contribution >= 0.6 is 22.6 Å². The minimum absolute atomic E-state index is 0.106. The first-order valence-electron chi connectivity index (χ1n) is 8.91. The maximum atomic E-state index is 12.6. The molecule has 8 heteroatoms. The van der Waals surface area contributed by atoms with E-state index in [1.807, 2.05) is 12.1 Å². The Hall–Kier alpha value is -1.71. The number of benzene rings is 1. The lowest BCUT2D eigenvalue weighted by molar-refractivity contribution is 0.00170. The van der Waals surface area contributed by atoms with E-state index in [1.165, 1.54) is 0 Å². The SMILES string of the molecule is COc1cc(I)c(CCN(C(=O)OC(C)(C)C)C(=O)OC(C)(C)C)cc1OC. The zero-order valence-electron chi connectivity index (χ0n) is 17.8. The van der Waals surface area contributed by atoms with Crippen LogP contribution in [-0.2, 0) is 15.9 Å². The third kappa shape index (κ3) is 7.73. The molecule has 2 amide bonds. The maximum Gasteiger partial charge on any atom is 0.419 e. The van der Waals surface area contributed by atoms with Gasteiger partial charge in [-0.25, -0.2) is 14.5 Å². The third-order valence-electron chi connectivity index (χ3n) is 3.39. The first-order valence-corrected chi connectivity index (χ1v) is 9.99. The molecule has 1 rings (SSSR count). The molecule has 7 nitrogen and oxygen atoms in total. The zero-order valence-corrected chi connectivity index (χ0v) is 20.0. The summed E-state index contributed by atoms with van der Waals surface area (Å²) in [5, 5.41) is 0. The summed E-state index contributed by atoms with van der Waals surface area (Å²) in [5.74, 6) is 1.20. The number of hydrogen-bond acceptors (Lipinski definition) is 6. The molecule has 0 spiro atoms. The molecule has 0 radical (unpaired) electrons. The van der Waals surface area contributed by atoms with E-state index < -0.39 is 23.4 Å². The molecule has 1 aromatic carbocycles. The number of carbonyl (C=O) groups is 2. The smallest absolute Gasteiger partial charge is 0.419 e. The highest BCUT2D eigenvalue weighted by atomic mass is 127. The summed E-state index contributed by atoms with van der Waals surface area (Å²) in [4.78, 5) is 26.1. The van der Waals surface area contributed by atoms with Gasteiger partial charge in [-0.15, -0.1) is 0 Å². The number of carbonyl (C=O) groups excluding carboxylic acids is 2. The van der Waals surface area contributed by atoms with Crippen LogP contribution in [0.3, 0.4) is 0 Å². The van der Waals surface area contributed by atoms with Crippen molar-refractivity contribution in [3.8, 4) is 11.5 Å². The molecule has 0 aliphatic heterocycles. The molecule has 0 aliphatic carbocycles.